The van der Waals surface area contributed by atoms with Gasteiger partial charge in [-0.1, -0.05) is 6.07 Å². The van der Waals surface area contributed by atoms with Gasteiger partial charge >= 0.3 is 0 Å². The van der Waals surface area contributed by atoms with E-state index in [0.29, 0.717) is 0 Å². The van der Waals surface area contributed by atoms with Crippen LogP contribution in [-0.4, -0.2) is 31.6 Å². The van der Waals surface area contributed by atoms with E-state index in [2.05, 4.69) is 0 Å². The fourth-order valence-corrected chi connectivity index (χ4v) is 4.62. The molecule has 1 aliphatic heterocycles. The van der Waals surface area contributed by atoms with E-state index in [9.17, 15) is 22.3 Å². The van der Waals surface area contributed by atoms with Crippen LogP contribution in [0, 0.1) is 17.0 Å². The maximum Gasteiger partial charge on any atom is 0.159 e. The van der Waals surface area contributed by atoms with Crippen molar-refractivity contribution in [2.75, 3.05) is 18.1 Å². The van der Waals surface area contributed by atoms with Crippen molar-refractivity contribution in [3.63, 3.8) is 0 Å². The minimum atomic E-state index is -3.25. The summed E-state index contributed by atoms with van der Waals surface area (Å²) in [6.45, 7) is -0.0353. The lowest BCUT2D eigenvalue weighted by molar-refractivity contribution is 0.0468. The first kappa shape index (κ1) is 14.4. The van der Waals surface area contributed by atoms with E-state index >= 15 is 0 Å². The normalized spacial score (nSPS) is 27.4. The summed E-state index contributed by atoms with van der Waals surface area (Å²) in [4.78, 5) is 0. The van der Waals surface area contributed by atoms with Gasteiger partial charge in [0.1, 0.15) is 0 Å². The predicted octanol–water partition coefficient (Wildman–Crippen LogP) is 0.762. The zero-order valence-corrected chi connectivity index (χ0v) is 11.0. The van der Waals surface area contributed by atoms with Crippen LogP contribution in [0.15, 0.2) is 18.2 Å². The minimum Gasteiger partial charge on any atom is -0.388 e. The summed E-state index contributed by atoms with van der Waals surface area (Å²) in [7, 11) is -3.25. The Kier molecular flexibility index (Phi) is 3.63. The highest BCUT2D eigenvalue weighted by molar-refractivity contribution is 7.91. The molecule has 2 rings (SSSR count). The summed E-state index contributed by atoms with van der Waals surface area (Å²) >= 11 is 0. The summed E-state index contributed by atoms with van der Waals surface area (Å²) in [6.07, 6.45) is -1.02. The van der Waals surface area contributed by atoms with Crippen LogP contribution in [0.1, 0.15) is 18.1 Å². The molecule has 0 saturated carbocycles. The largest absolute Gasteiger partial charge is 0.388 e. The third kappa shape index (κ3) is 2.63. The number of nitrogens with two attached hydrogens (primary N) is 1. The summed E-state index contributed by atoms with van der Waals surface area (Å²) in [5, 5.41) is 10.3. The molecule has 1 aromatic carbocycles. The Balaban J connectivity index is 2.36. The molecule has 1 aromatic rings. The van der Waals surface area contributed by atoms with Gasteiger partial charge < -0.3 is 10.8 Å². The van der Waals surface area contributed by atoms with Gasteiger partial charge in [-0.05, 0) is 24.1 Å². The molecule has 2 atom stereocenters. The second kappa shape index (κ2) is 4.81. The predicted molar refractivity (Wildman–Crippen MR) is 66.1 cm³/mol. The standard InChI is InChI=1S/C12H15F2NO3S/c13-9-2-1-8(5-10(9)14)11(16)12(6-15)3-4-19(17,18)7-12/h1-2,5,11,16H,3-4,6-7,15H2. The number of rotatable bonds is 3. The number of hydrogen-bond donors (Lipinski definition) is 2. The molecule has 0 bridgehead atoms. The molecule has 1 heterocycles. The van der Waals surface area contributed by atoms with Crippen molar-refractivity contribution >= 4 is 9.84 Å². The number of halogens is 2. The van der Waals surface area contributed by atoms with E-state index in [1.54, 1.807) is 0 Å². The van der Waals surface area contributed by atoms with E-state index in [1.165, 1.54) is 6.07 Å². The minimum absolute atomic E-state index is 0.0353. The molecule has 0 aliphatic carbocycles. The number of aliphatic hydroxyl groups is 1. The summed E-state index contributed by atoms with van der Waals surface area (Å²) < 4.78 is 49.2. The third-order valence-electron chi connectivity index (χ3n) is 3.66. The van der Waals surface area contributed by atoms with Crippen LogP contribution in [0.3, 0.4) is 0 Å². The van der Waals surface area contributed by atoms with Crippen molar-refractivity contribution in [1.82, 2.24) is 0 Å². The van der Waals surface area contributed by atoms with Gasteiger partial charge in [0.05, 0.1) is 17.6 Å². The molecule has 0 amide bonds. The second-order valence-electron chi connectivity index (χ2n) is 4.98. The average Bonchev–Trinajstić information content (AvgIpc) is 2.69. The first-order valence-electron chi connectivity index (χ1n) is 5.83. The van der Waals surface area contributed by atoms with Crippen molar-refractivity contribution in [3.8, 4) is 0 Å². The quantitative estimate of drug-likeness (QED) is 0.861. The van der Waals surface area contributed by atoms with Crippen LogP contribution in [0.4, 0.5) is 8.78 Å². The molecule has 4 nitrogen and oxygen atoms in total. The van der Waals surface area contributed by atoms with Crippen molar-refractivity contribution in [3.05, 3.63) is 35.4 Å². The second-order valence-corrected chi connectivity index (χ2v) is 7.17. The summed E-state index contributed by atoms with van der Waals surface area (Å²) in [6, 6.07) is 3.02. The SMILES string of the molecule is NCC1(C(O)c2ccc(F)c(F)c2)CCS(=O)(=O)C1. The summed E-state index contributed by atoms with van der Waals surface area (Å²) in [5.41, 5.74) is 4.72. The highest BCUT2D eigenvalue weighted by atomic mass is 32.2. The molecule has 1 aliphatic rings. The van der Waals surface area contributed by atoms with Crippen molar-refractivity contribution < 1.29 is 22.3 Å². The molecule has 1 saturated heterocycles. The number of aliphatic hydroxyl groups excluding tert-OH is 1. The molecule has 7 heteroatoms. The van der Waals surface area contributed by atoms with E-state index in [-0.39, 0.29) is 30.0 Å². The van der Waals surface area contributed by atoms with Crippen LogP contribution >= 0.6 is 0 Å². The Hall–Kier alpha value is -1.05. The van der Waals surface area contributed by atoms with E-state index in [0.717, 1.165) is 12.1 Å². The van der Waals surface area contributed by atoms with E-state index < -0.39 is 33.0 Å². The maximum absolute atomic E-state index is 13.2. The Morgan fingerprint density at radius 3 is 2.53 bits per heavy atom. The molecule has 19 heavy (non-hydrogen) atoms. The van der Waals surface area contributed by atoms with Crippen molar-refractivity contribution in [2.45, 2.75) is 12.5 Å². The zero-order valence-electron chi connectivity index (χ0n) is 10.1. The molecular formula is C12H15F2NO3S. The highest BCUT2D eigenvalue weighted by Crippen LogP contribution is 2.42. The lowest BCUT2D eigenvalue weighted by atomic mass is 9.78. The molecule has 0 spiro atoms. The Morgan fingerprint density at radius 2 is 2.05 bits per heavy atom. The zero-order chi connectivity index (χ0) is 14.3. The average molecular weight is 291 g/mol. The third-order valence-corrected chi connectivity index (χ3v) is 5.51. The topological polar surface area (TPSA) is 80.4 Å². The molecule has 1 fully saturated rings. The van der Waals surface area contributed by atoms with Crippen LogP contribution in [-0.2, 0) is 9.84 Å². The monoisotopic (exact) mass is 291 g/mol. The Bertz CT molecular complexity index is 591. The van der Waals surface area contributed by atoms with E-state index in [1.807, 2.05) is 0 Å². The number of sulfone groups is 1. The van der Waals surface area contributed by atoms with Crippen molar-refractivity contribution in [1.29, 1.82) is 0 Å². The number of hydrogen-bond acceptors (Lipinski definition) is 4. The van der Waals surface area contributed by atoms with Crippen LogP contribution in [0.25, 0.3) is 0 Å². The lowest BCUT2D eigenvalue weighted by Crippen LogP contribution is -2.38. The molecule has 0 aromatic heterocycles. The van der Waals surface area contributed by atoms with Gasteiger partial charge in [-0.15, -0.1) is 0 Å². The summed E-state index contributed by atoms with van der Waals surface area (Å²) in [5.74, 6) is -2.39. The Morgan fingerprint density at radius 1 is 1.37 bits per heavy atom. The van der Waals surface area contributed by atoms with Crippen LogP contribution < -0.4 is 5.73 Å². The van der Waals surface area contributed by atoms with Crippen LogP contribution in [0.2, 0.25) is 0 Å². The fourth-order valence-electron chi connectivity index (χ4n) is 2.47. The molecule has 3 N–H and O–H groups in total. The molecule has 106 valence electrons. The van der Waals surface area contributed by atoms with Gasteiger partial charge in [-0.25, -0.2) is 17.2 Å². The van der Waals surface area contributed by atoms with Gasteiger partial charge in [0.25, 0.3) is 0 Å². The first-order valence-corrected chi connectivity index (χ1v) is 7.65. The van der Waals surface area contributed by atoms with Gasteiger partial charge in [-0.3, -0.25) is 0 Å². The molecule has 0 radical (unpaired) electrons. The highest BCUT2D eigenvalue weighted by Gasteiger charge is 2.47. The van der Waals surface area contributed by atoms with E-state index in [4.69, 9.17) is 5.73 Å². The molecular weight excluding hydrogens is 276 g/mol. The van der Waals surface area contributed by atoms with Crippen molar-refractivity contribution in [2.24, 2.45) is 11.1 Å². The van der Waals surface area contributed by atoms with Gasteiger partial charge in [0, 0.05) is 12.0 Å². The van der Waals surface area contributed by atoms with Crippen LogP contribution in [0.5, 0.6) is 0 Å². The first-order chi connectivity index (χ1) is 8.80. The van der Waals surface area contributed by atoms with Gasteiger partial charge in [0.15, 0.2) is 21.5 Å². The lowest BCUT2D eigenvalue weighted by Gasteiger charge is -2.32. The van der Waals surface area contributed by atoms with Gasteiger partial charge in [-0.2, -0.15) is 0 Å². The number of benzene rings is 1. The molecule has 2 unspecified atom stereocenters. The Labute approximate surface area is 110 Å². The van der Waals surface area contributed by atoms with Gasteiger partial charge in [0.2, 0.25) is 0 Å². The smallest absolute Gasteiger partial charge is 0.159 e. The fraction of sp³-hybridized carbons (Fsp3) is 0.500. The maximum atomic E-state index is 13.2.